The zero-order chi connectivity index (χ0) is 23.7. The second kappa shape index (κ2) is 9.46. The van der Waals surface area contributed by atoms with Crippen LogP contribution in [-0.2, 0) is 16.6 Å². The Kier molecular flexibility index (Phi) is 6.40. The van der Waals surface area contributed by atoms with Gasteiger partial charge in [0.05, 0.1) is 6.42 Å². The van der Waals surface area contributed by atoms with E-state index in [9.17, 15) is 4.79 Å². The summed E-state index contributed by atoms with van der Waals surface area (Å²) in [5.41, 5.74) is 4.73. The molecule has 2 fully saturated rings. The van der Waals surface area contributed by atoms with Crippen molar-refractivity contribution in [2.24, 2.45) is 11.8 Å². The quantitative estimate of drug-likeness (QED) is 0.441. The van der Waals surface area contributed by atoms with Crippen LogP contribution in [0.5, 0.6) is 0 Å². The van der Waals surface area contributed by atoms with Gasteiger partial charge >= 0.3 is 0 Å². The molecule has 1 heterocycles. The molecule has 0 radical (unpaired) electrons. The van der Waals surface area contributed by atoms with Crippen LogP contribution in [-0.4, -0.2) is 43.4 Å². The van der Waals surface area contributed by atoms with Crippen molar-refractivity contribution < 1.29 is 4.79 Å². The third-order valence-electron chi connectivity index (χ3n) is 8.02. The summed E-state index contributed by atoms with van der Waals surface area (Å²) in [5.74, 6) is 0.771. The van der Waals surface area contributed by atoms with Gasteiger partial charge in [0, 0.05) is 43.7 Å². The van der Waals surface area contributed by atoms with E-state index in [1.807, 2.05) is 26.2 Å². The first kappa shape index (κ1) is 23.0. The number of halogens is 1. The molecule has 4 heteroatoms. The number of nitrogens with zero attached hydrogens (tertiary/aromatic N) is 2. The average molecular weight is 473 g/mol. The van der Waals surface area contributed by atoms with Crippen molar-refractivity contribution in [2.45, 2.75) is 30.1 Å². The van der Waals surface area contributed by atoms with E-state index in [1.54, 1.807) is 0 Å². The minimum absolute atomic E-state index is 0.0948. The number of alkyl halides is 1. The van der Waals surface area contributed by atoms with Gasteiger partial charge in [-0.05, 0) is 47.4 Å². The van der Waals surface area contributed by atoms with E-state index in [4.69, 9.17) is 11.6 Å². The van der Waals surface area contributed by atoms with E-state index < -0.39 is 0 Å². The molecule has 3 atom stereocenters. The summed E-state index contributed by atoms with van der Waals surface area (Å²) in [4.78, 5) is 17.8. The number of likely N-dealkylation sites (tertiary alicyclic amines) is 1. The van der Waals surface area contributed by atoms with Gasteiger partial charge in [-0.25, -0.2) is 0 Å². The number of amides is 1. The first-order valence-corrected chi connectivity index (χ1v) is 12.7. The topological polar surface area (TPSA) is 23.6 Å². The fraction of sp³-hybridized carbons (Fsp3) is 0.367. The number of carbonyl (C=O) groups excluding carboxylic acids is 1. The number of carbonyl (C=O) groups is 1. The average Bonchev–Trinajstić information content (AvgIpc) is 3.33. The molecule has 0 aromatic heterocycles. The lowest BCUT2D eigenvalue weighted by Gasteiger charge is -2.48. The van der Waals surface area contributed by atoms with Gasteiger partial charge in [0.2, 0.25) is 5.91 Å². The van der Waals surface area contributed by atoms with E-state index in [0.29, 0.717) is 12.3 Å². The van der Waals surface area contributed by atoms with Crippen LogP contribution in [0, 0.1) is 11.8 Å². The molecule has 1 aliphatic heterocycles. The molecule has 176 valence electrons. The highest BCUT2D eigenvalue weighted by molar-refractivity contribution is 6.21. The van der Waals surface area contributed by atoms with Crippen molar-refractivity contribution in [2.75, 3.05) is 32.1 Å². The highest BCUT2D eigenvalue weighted by atomic mass is 35.5. The number of hydrogen-bond donors (Lipinski definition) is 0. The predicted octanol–water partition coefficient (Wildman–Crippen LogP) is 5.76. The van der Waals surface area contributed by atoms with Crippen molar-refractivity contribution >= 4 is 23.2 Å². The van der Waals surface area contributed by atoms with E-state index in [-0.39, 0.29) is 22.6 Å². The van der Waals surface area contributed by atoms with E-state index in [1.165, 1.54) is 11.1 Å². The molecule has 3 nitrogen and oxygen atoms in total. The van der Waals surface area contributed by atoms with Gasteiger partial charge in [0.25, 0.3) is 0 Å². The van der Waals surface area contributed by atoms with Gasteiger partial charge in [0.15, 0.2) is 0 Å². The molecule has 5 rings (SSSR count). The Morgan fingerprint density at radius 1 is 0.912 bits per heavy atom. The van der Waals surface area contributed by atoms with Crippen LogP contribution in [0.25, 0.3) is 0 Å². The van der Waals surface area contributed by atoms with Crippen molar-refractivity contribution in [1.29, 1.82) is 0 Å². The highest BCUT2D eigenvalue weighted by Crippen LogP contribution is 2.54. The first-order valence-electron chi connectivity index (χ1n) is 12.3. The molecule has 0 N–H and O–H groups in total. The fourth-order valence-electron chi connectivity index (χ4n) is 6.41. The first-order chi connectivity index (χ1) is 16.5. The number of hydrogen-bond acceptors (Lipinski definition) is 2. The second-order valence-corrected chi connectivity index (χ2v) is 10.6. The van der Waals surface area contributed by atoms with Crippen molar-refractivity contribution in [3.05, 3.63) is 102 Å². The largest absolute Gasteiger partial charge is 0.377 e. The van der Waals surface area contributed by atoms with Gasteiger partial charge < -0.3 is 9.80 Å². The number of rotatable bonds is 5. The highest BCUT2D eigenvalue weighted by Gasteiger charge is 2.54. The number of benzene rings is 3. The van der Waals surface area contributed by atoms with Gasteiger partial charge in [-0.1, -0.05) is 78.9 Å². The summed E-state index contributed by atoms with van der Waals surface area (Å²) in [6.07, 6.45) is 2.38. The lowest BCUT2D eigenvalue weighted by Crippen LogP contribution is -2.47. The lowest BCUT2D eigenvalue weighted by molar-refractivity contribution is -0.129. The molecule has 0 spiro atoms. The molecular weight excluding hydrogens is 440 g/mol. The number of para-hydroxylation sites is 1. The second-order valence-electron chi connectivity index (χ2n) is 10.0. The van der Waals surface area contributed by atoms with Crippen LogP contribution < -0.4 is 4.90 Å². The summed E-state index contributed by atoms with van der Waals surface area (Å²) < 4.78 is 0. The third kappa shape index (κ3) is 4.01. The van der Waals surface area contributed by atoms with Gasteiger partial charge in [-0.15, -0.1) is 11.6 Å². The predicted molar refractivity (Wildman–Crippen MR) is 141 cm³/mol. The SMILES string of the molecule is CN(C)c1ccccc1CC(=O)N1CC2[C@H](C1)C(Cl)CCC2(c1ccccc1)c1ccccc1. The molecule has 2 aliphatic rings. The van der Waals surface area contributed by atoms with Crippen LogP contribution in [0.3, 0.4) is 0 Å². The van der Waals surface area contributed by atoms with Crippen LogP contribution >= 0.6 is 11.6 Å². The van der Waals surface area contributed by atoms with Crippen molar-refractivity contribution in [3.63, 3.8) is 0 Å². The zero-order valence-corrected chi connectivity index (χ0v) is 20.8. The molecule has 1 amide bonds. The maximum atomic E-state index is 13.6. The number of fused-ring (bicyclic) bond motifs is 1. The molecule has 3 aromatic carbocycles. The fourth-order valence-corrected chi connectivity index (χ4v) is 6.78. The summed E-state index contributed by atoms with van der Waals surface area (Å²) in [7, 11) is 4.06. The lowest BCUT2D eigenvalue weighted by atomic mass is 9.56. The van der Waals surface area contributed by atoms with Gasteiger partial charge in [-0.3, -0.25) is 4.79 Å². The monoisotopic (exact) mass is 472 g/mol. The van der Waals surface area contributed by atoms with Crippen LogP contribution in [0.2, 0.25) is 0 Å². The van der Waals surface area contributed by atoms with Crippen LogP contribution in [0.15, 0.2) is 84.9 Å². The standard InChI is InChI=1S/C30H33ClN2O/c1-32(2)28-16-10-9-11-22(28)19-29(34)33-20-25-26(21-33)30(18-17-27(25)31,23-12-5-3-6-13-23)24-14-7-4-8-15-24/h3-16,25-27H,17-21H2,1-2H3/t25-,26?,27?/m0/s1. The zero-order valence-electron chi connectivity index (χ0n) is 20.0. The molecule has 34 heavy (non-hydrogen) atoms. The Bertz CT molecular complexity index is 1090. The summed E-state index contributed by atoms with van der Waals surface area (Å²) in [6.45, 7) is 1.49. The Morgan fingerprint density at radius 2 is 1.50 bits per heavy atom. The Morgan fingerprint density at radius 3 is 2.12 bits per heavy atom. The molecule has 1 saturated heterocycles. The normalized spacial score (nSPS) is 23.4. The van der Waals surface area contributed by atoms with E-state index >= 15 is 0 Å². The minimum Gasteiger partial charge on any atom is -0.377 e. The smallest absolute Gasteiger partial charge is 0.227 e. The Labute approximate surface area is 208 Å². The number of anilines is 1. The van der Waals surface area contributed by atoms with Crippen LogP contribution in [0.1, 0.15) is 29.5 Å². The maximum absolute atomic E-state index is 13.6. The maximum Gasteiger partial charge on any atom is 0.227 e. The molecule has 2 unspecified atom stereocenters. The van der Waals surface area contributed by atoms with Gasteiger partial charge in [0.1, 0.15) is 0 Å². The molecule has 1 saturated carbocycles. The molecule has 0 bridgehead atoms. The van der Waals surface area contributed by atoms with E-state index in [0.717, 1.165) is 37.2 Å². The van der Waals surface area contributed by atoms with Crippen molar-refractivity contribution in [1.82, 2.24) is 4.90 Å². The molecule has 1 aliphatic carbocycles. The summed E-state index contributed by atoms with van der Waals surface area (Å²) >= 11 is 6.97. The Hall–Kier alpha value is -2.78. The molecule has 3 aromatic rings. The minimum atomic E-state index is -0.130. The van der Waals surface area contributed by atoms with Gasteiger partial charge in [-0.2, -0.15) is 0 Å². The summed E-state index contributed by atoms with van der Waals surface area (Å²) in [5, 5.41) is 0.0948. The van der Waals surface area contributed by atoms with Crippen LogP contribution in [0.4, 0.5) is 5.69 Å². The molecular formula is C30H33ClN2O. The Balaban J connectivity index is 1.49. The third-order valence-corrected chi connectivity index (χ3v) is 8.56. The summed E-state index contributed by atoms with van der Waals surface area (Å²) in [6, 6.07) is 29.9. The van der Waals surface area contributed by atoms with Crippen molar-refractivity contribution in [3.8, 4) is 0 Å². The van der Waals surface area contributed by atoms with E-state index in [2.05, 4.69) is 82.6 Å².